The molecule has 0 saturated carbocycles. The highest BCUT2D eigenvalue weighted by molar-refractivity contribution is 5.91. The molecule has 2 aromatic rings. The van der Waals surface area contributed by atoms with Crippen LogP contribution in [0.15, 0.2) is 60.7 Å². The highest BCUT2D eigenvalue weighted by Crippen LogP contribution is 2.21. The van der Waals surface area contributed by atoms with Crippen LogP contribution in [0.25, 0.3) is 0 Å². The number of anilines is 1. The van der Waals surface area contributed by atoms with Crippen molar-refractivity contribution in [2.75, 3.05) is 5.43 Å². The minimum absolute atomic E-state index is 0.0220. The maximum Gasteiger partial charge on any atom is 0.261 e. The van der Waals surface area contributed by atoms with Crippen LogP contribution in [-0.2, 0) is 16.1 Å². The van der Waals surface area contributed by atoms with Gasteiger partial charge < -0.3 is 4.90 Å². The fourth-order valence-electron chi connectivity index (χ4n) is 2.72. The zero-order valence-corrected chi connectivity index (χ0v) is 12.7. The smallest absolute Gasteiger partial charge is 0.261 e. The number of benzene rings is 2. The van der Waals surface area contributed by atoms with E-state index in [0.29, 0.717) is 19.4 Å². The lowest BCUT2D eigenvalue weighted by Gasteiger charge is -2.24. The number of amides is 2. The van der Waals surface area contributed by atoms with Gasteiger partial charge >= 0.3 is 0 Å². The van der Waals surface area contributed by atoms with Gasteiger partial charge in [-0.15, -0.1) is 0 Å². The molecule has 1 saturated heterocycles. The topological polar surface area (TPSA) is 61.4 Å². The van der Waals surface area contributed by atoms with E-state index in [1.54, 1.807) is 4.90 Å². The molecule has 0 spiro atoms. The molecule has 1 aliphatic rings. The number of carbonyl (C=O) groups is 2. The van der Waals surface area contributed by atoms with E-state index in [9.17, 15) is 9.59 Å². The number of carbonyl (C=O) groups excluding carboxylic acids is 2. The summed E-state index contributed by atoms with van der Waals surface area (Å²) < 4.78 is 0. The molecule has 1 unspecified atom stereocenters. The fourth-order valence-corrected chi connectivity index (χ4v) is 2.72. The van der Waals surface area contributed by atoms with Crippen LogP contribution in [0.2, 0.25) is 0 Å². The Labute approximate surface area is 135 Å². The largest absolute Gasteiger partial charge is 0.326 e. The van der Waals surface area contributed by atoms with Gasteiger partial charge in [0.15, 0.2) is 0 Å². The van der Waals surface area contributed by atoms with Crippen LogP contribution in [0, 0.1) is 0 Å². The average Bonchev–Trinajstić information content (AvgIpc) is 2.95. The SMILES string of the molecule is O=C(NNc1ccccc1)C1CCC(=O)N1Cc1ccccc1. The third-order valence-electron chi connectivity index (χ3n) is 3.93. The number of likely N-dealkylation sites (tertiary alicyclic amines) is 1. The summed E-state index contributed by atoms with van der Waals surface area (Å²) >= 11 is 0. The number of rotatable bonds is 5. The second-order valence-corrected chi connectivity index (χ2v) is 5.54. The Balaban J connectivity index is 1.63. The van der Waals surface area contributed by atoms with Gasteiger partial charge in [-0.2, -0.15) is 0 Å². The maximum absolute atomic E-state index is 12.4. The first-order valence-electron chi connectivity index (χ1n) is 7.68. The molecule has 5 heteroatoms. The van der Waals surface area contributed by atoms with Crippen molar-refractivity contribution in [1.82, 2.24) is 10.3 Å². The van der Waals surface area contributed by atoms with Crippen molar-refractivity contribution in [3.05, 3.63) is 66.2 Å². The molecule has 1 fully saturated rings. The lowest BCUT2D eigenvalue weighted by molar-refractivity contribution is -0.135. The molecule has 3 rings (SSSR count). The summed E-state index contributed by atoms with van der Waals surface area (Å²) in [6.45, 7) is 0.461. The van der Waals surface area contributed by atoms with E-state index >= 15 is 0 Å². The van der Waals surface area contributed by atoms with Crippen LogP contribution < -0.4 is 10.9 Å². The van der Waals surface area contributed by atoms with Gasteiger partial charge in [-0.1, -0.05) is 48.5 Å². The predicted octanol–water partition coefficient (Wildman–Crippen LogP) is 2.32. The van der Waals surface area contributed by atoms with Crippen LogP contribution in [0.4, 0.5) is 5.69 Å². The van der Waals surface area contributed by atoms with E-state index in [1.807, 2.05) is 60.7 Å². The highest BCUT2D eigenvalue weighted by Gasteiger charge is 2.35. The van der Waals surface area contributed by atoms with Gasteiger partial charge in [-0.3, -0.25) is 20.4 Å². The molecular formula is C18H19N3O2. The third kappa shape index (κ3) is 3.69. The fraction of sp³-hybridized carbons (Fsp3) is 0.222. The molecule has 2 aromatic carbocycles. The number of hydrogen-bond donors (Lipinski definition) is 2. The monoisotopic (exact) mass is 309 g/mol. The lowest BCUT2D eigenvalue weighted by Crippen LogP contribution is -2.46. The zero-order valence-electron chi connectivity index (χ0n) is 12.7. The Hall–Kier alpha value is -2.82. The Morgan fingerprint density at radius 3 is 2.39 bits per heavy atom. The van der Waals surface area contributed by atoms with Crippen molar-refractivity contribution < 1.29 is 9.59 Å². The lowest BCUT2D eigenvalue weighted by atomic mass is 10.2. The summed E-state index contributed by atoms with van der Waals surface area (Å²) in [5.41, 5.74) is 7.41. The quantitative estimate of drug-likeness (QED) is 0.833. The molecule has 0 bridgehead atoms. The Kier molecular flexibility index (Phi) is 4.57. The van der Waals surface area contributed by atoms with Crippen molar-refractivity contribution in [1.29, 1.82) is 0 Å². The zero-order chi connectivity index (χ0) is 16.1. The number of para-hydroxylation sites is 1. The van der Waals surface area contributed by atoms with Crippen molar-refractivity contribution in [3.8, 4) is 0 Å². The minimum Gasteiger partial charge on any atom is -0.326 e. The summed E-state index contributed by atoms with van der Waals surface area (Å²) in [6, 6.07) is 18.7. The number of nitrogens with one attached hydrogen (secondary N) is 2. The Bertz CT molecular complexity index is 673. The van der Waals surface area contributed by atoms with Crippen LogP contribution >= 0.6 is 0 Å². The summed E-state index contributed by atoms with van der Waals surface area (Å²) in [6.07, 6.45) is 0.963. The van der Waals surface area contributed by atoms with E-state index in [4.69, 9.17) is 0 Å². The molecule has 2 N–H and O–H groups in total. The molecule has 1 aliphatic heterocycles. The van der Waals surface area contributed by atoms with Gasteiger partial charge in [0.05, 0.1) is 5.69 Å². The molecule has 23 heavy (non-hydrogen) atoms. The van der Waals surface area contributed by atoms with Crippen LogP contribution in [0.5, 0.6) is 0 Å². The molecule has 0 aliphatic carbocycles. The summed E-state index contributed by atoms with van der Waals surface area (Å²) in [5.74, 6) is -0.163. The molecule has 0 radical (unpaired) electrons. The van der Waals surface area contributed by atoms with Gasteiger partial charge in [0.1, 0.15) is 6.04 Å². The van der Waals surface area contributed by atoms with E-state index in [2.05, 4.69) is 10.9 Å². The first-order valence-corrected chi connectivity index (χ1v) is 7.68. The average molecular weight is 309 g/mol. The minimum atomic E-state index is -0.432. The van der Waals surface area contributed by atoms with Crippen molar-refractivity contribution in [3.63, 3.8) is 0 Å². The molecule has 1 atom stereocenters. The third-order valence-corrected chi connectivity index (χ3v) is 3.93. The van der Waals surface area contributed by atoms with Crippen LogP contribution in [0.3, 0.4) is 0 Å². The molecular weight excluding hydrogens is 290 g/mol. The standard InChI is InChI=1S/C18H19N3O2/c22-17-12-11-16(21(17)13-14-7-3-1-4-8-14)18(23)20-19-15-9-5-2-6-10-15/h1-10,16,19H,11-13H2,(H,20,23). The number of hydrazine groups is 1. The summed E-state index contributed by atoms with van der Waals surface area (Å²) in [5, 5.41) is 0. The first kappa shape index (κ1) is 15.1. The van der Waals surface area contributed by atoms with Crippen LogP contribution in [0.1, 0.15) is 18.4 Å². The van der Waals surface area contributed by atoms with Gasteiger partial charge in [0.2, 0.25) is 5.91 Å². The number of nitrogens with zero attached hydrogens (tertiary/aromatic N) is 1. The first-order chi connectivity index (χ1) is 11.2. The van der Waals surface area contributed by atoms with Crippen LogP contribution in [-0.4, -0.2) is 22.8 Å². The molecule has 2 amide bonds. The molecule has 1 heterocycles. The molecule has 118 valence electrons. The van der Waals surface area contributed by atoms with Crippen molar-refractivity contribution in [2.24, 2.45) is 0 Å². The van der Waals surface area contributed by atoms with E-state index in [-0.39, 0.29) is 11.8 Å². The van der Waals surface area contributed by atoms with E-state index in [0.717, 1.165) is 11.3 Å². The number of hydrogen-bond acceptors (Lipinski definition) is 3. The molecule has 0 aromatic heterocycles. The second-order valence-electron chi connectivity index (χ2n) is 5.54. The van der Waals surface area contributed by atoms with Crippen molar-refractivity contribution in [2.45, 2.75) is 25.4 Å². The van der Waals surface area contributed by atoms with E-state index in [1.165, 1.54) is 0 Å². The van der Waals surface area contributed by atoms with Gasteiger partial charge in [0.25, 0.3) is 5.91 Å². The predicted molar refractivity (Wildman–Crippen MR) is 88.2 cm³/mol. The van der Waals surface area contributed by atoms with Gasteiger partial charge in [-0.05, 0) is 24.1 Å². The summed E-state index contributed by atoms with van der Waals surface area (Å²) in [4.78, 5) is 26.1. The Morgan fingerprint density at radius 1 is 1.04 bits per heavy atom. The maximum atomic E-state index is 12.4. The second kappa shape index (κ2) is 6.96. The van der Waals surface area contributed by atoms with Gasteiger partial charge in [-0.25, -0.2) is 0 Å². The summed E-state index contributed by atoms with van der Waals surface area (Å²) in [7, 11) is 0. The Morgan fingerprint density at radius 2 is 1.70 bits per heavy atom. The van der Waals surface area contributed by atoms with Crippen molar-refractivity contribution >= 4 is 17.5 Å². The normalized spacial score (nSPS) is 17.1. The molecule has 5 nitrogen and oxygen atoms in total. The van der Waals surface area contributed by atoms with E-state index < -0.39 is 6.04 Å². The highest BCUT2D eigenvalue weighted by atomic mass is 16.2. The van der Waals surface area contributed by atoms with Gasteiger partial charge in [0, 0.05) is 13.0 Å².